The van der Waals surface area contributed by atoms with E-state index in [1.807, 2.05) is 29.9 Å². The van der Waals surface area contributed by atoms with E-state index in [9.17, 15) is 20.0 Å². The first kappa shape index (κ1) is 22.1. The van der Waals surface area contributed by atoms with Gasteiger partial charge in [-0.25, -0.2) is 8.91 Å². The van der Waals surface area contributed by atoms with Crippen molar-refractivity contribution in [1.29, 1.82) is 10.5 Å². The first-order valence-corrected chi connectivity index (χ1v) is 11.8. The lowest BCUT2D eigenvalue weighted by atomic mass is 9.92. The summed E-state index contributed by atoms with van der Waals surface area (Å²) in [6, 6.07) is 10.2. The fourth-order valence-corrected chi connectivity index (χ4v) is 5.68. The smallest absolute Gasteiger partial charge is 0.124 e. The van der Waals surface area contributed by atoms with Crippen LogP contribution in [0.5, 0.6) is 0 Å². The van der Waals surface area contributed by atoms with E-state index in [4.69, 9.17) is 0 Å². The fraction of sp³-hybridized carbons (Fsp3) is 0.280. The molecule has 2 atom stereocenters. The number of nitrogens with zero attached hydrogens (tertiary/aromatic N) is 6. The van der Waals surface area contributed by atoms with Crippen LogP contribution in [0.1, 0.15) is 48.5 Å². The van der Waals surface area contributed by atoms with Crippen molar-refractivity contribution in [3.63, 3.8) is 0 Å². The molecule has 0 aliphatic heterocycles. The fourth-order valence-electron chi connectivity index (χ4n) is 4.61. The van der Waals surface area contributed by atoms with Crippen LogP contribution in [0, 0.1) is 35.4 Å². The van der Waals surface area contributed by atoms with Crippen LogP contribution in [0.2, 0.25) is 0 Å². The molecule has 4 aromatic rings. The number of hydrogen-bond acceptors (Lipinski definition) is 6. The van der Waals surface area contributed by atoms with Crippen LogP contribution in [-0.4, -0.2) is 30.6 Å². The highest BCUT2D eigenvalue weighted by molar-refractivity contribution is 7.99. The van der Waals surface area contributed by atoms with Crippen LogP contribution in [0.15, 0.2) is 52.6 Å². The molecule has 3 heterocycles. The zero-order valence-electron chi connectivity index (χ0n) is 18.4. The van der Waals surface area contributed by atoms with Gasteiger partial charge in [-0.3, -0.25) is 4.68 Å². The summed E-state index contributed by atoms with van der Waals surface area (Å²) >= 11 is 1.29. The van der Waals surface area contributed by atoms with Crippen molar-refractivity contribution in [2.24, 2.45) is 0 Å². The molecule has 0 bridgehead atoms. The maximum Gasteiger partial charge on any atom is 0.124 e. The third kappa shape index (κ3) is 3.83. The number of halogens is 1. The van der Waals surface area contributed by atoms with Crippen LogP contribution in [0.4, 0.5) is 4.39 Å². The third-order valence-electron chi connectivity index (χ3n) is 6.34. The van der Waals surface area contributed by atoms with Gasteiger partial charge in [0.15, 0.2) is 0 Å². The minimum atomic E-state index is -0.477. The molecule has 5 rings (SSSR count). The van der Waals surface area contributed by atoms with Gasteiger partial charge in [0.1, 0.15) is 18.0 Å². The highest BCUT2D eigenvalue weighted by Gasteiger charge is 2.27. The van der Waals surface area contributed by atoms with Gasteiger partial charge in [-0.1, -0.05) is 24.6 Å². The Labute approximate surface area is 200 Å². The summed E-state index contributed by atoms with van der Waals surface area (Å²) in [5, 5.41) is 38.6. The Morgan fingerprint density at radius 2 is 1.85 bits per heavy atom. The first-order valence-electron chi connectivity index (χ1n) is 11.0. The van der Waals surface area contributed by atoms with Gasteiger partial charge in [0, 0.05) is 32.8 Å². The topological polar surface area (TPSA) is 103 Å². The number of aliphatic hydroxyl groups is 1. The second-order valence-corrected chi connectivity index (χ2v) is 9.50. The summed E-state index contributed by atoms with van der Waals surface area (Å²) in [4.78, 5) is 1.31. The molecule has 1 aliphatic carbocycles. The van der Waals surface area contributed by atoms with Crippen LogP contribution in [-0.2, 0) is 0 Å². The number of rotatable bonds is 4. The second-order valence-electron chi connectivity index (χ2n) is 8.42. The van der Waals surface area contributed by atoms with Crippen molar-refractivity contribution in [2.45, 2.75) is 54.5 Å². The number of aliphatic hydroxyl groups excluding tert-OH is 1. The van der Waals surface area contributed by atoms with Crippen molar-refractivity contribution in [3.8, 4) is 23.3 Å². The van der Waals surface area contributed by atoms with Crippen LogP contribution in [0.3, 0.4) is 0 Å². The molecule has 0 spiro atoms. The van der Waals surface area contributed by atoms with E-state index < -0.39 is 11.9 Å². The molecule has 0 radical (unpaired) electrons. The van der Waals surface area contributed by atoms with Gasteiger partial charge >= 0.3 is 0 Å². The van der Waals surface area contributed by atoms with Gasteiger partial charge < -0.3 is 5.11 Å². The zero-order valence-corrected chi connectivity index (χ0v) is 19.3. The lowest BCUT2D eigenvalue weighted by Crippen LogP contribution is -2.28. The molecule has 34 heavy (non-hydrogen) atoms. The molecule has 1 saturated carbocycles. The number of hydrogen-bond donors (Lipinski definition) is 1. The van der Waals surface area contributed by atoms with Crippen LogP contribution >= 0.6 is 11.8 Å². The number of aromatic nitrogens is 4. The Balaban J connectivity index is 1.62. The van der Waals surface area contributed by atoms with Gasteiger partial charge in [-0.05, 0) is 44.0 Å². The molecule has 3 aromatic heterocycles. The quantitative estimate of drug-likeness (QED) is 0.448. The van der Waals surface area contributed by atoms with Gasteiger partial charge in [0.05, 0.1) is 41.2 Å². The van der Waals surface area contributed by atoms with Gasteiger partial charge in [0.25, 0.3) is 0 Å². The van der Waals surface area contributed by atoms with E-state index in [2.05, 4.69) is 16.3 Å². The molecule has 1 N–H and O–H groups in total. The third-order valence-corrected chi connectivity index (χ3v) is 7.45. The minimum absolute atomic E-state index is 0.0487. The maximum atomic E-state index is 13.7. The predicted octanol–water partition coefficient (Wildman–Crippen LogP) is 5.02. The maximum absolute atomic E-state index is 13.7. The number of pyridine rings is 1. The number of benzene rings is 1. The summed E-state index contributed by atoms with van der Waals surface area (Å²) in [6.07, 6.45) is 8.48. The van der Waals surface area contributed by atoms with Crippen molar-refractivity contribution in [3.05, 3.63) is 65.5 Å². The molecule has 1 fully saturated rings. The van der Waals surface area contributed by atoms with E-state index in [1.165, 1.54) is 30.1 Å². The highest BCUT2D eigenvalue weighted by Crippen LogP contribution is 2.38. The Hall–Kier alpha value is -3.66. The standard InChI is InChI=1S/C25H21FN6OS/c1-15-20(13-30-32(15)21-4-2-3-5-22(21)33)17-9-24(25-18(11-28)12-29-31(25)14-17)34-23-7-6-19(26)8-16(23)10-27/h6-9,12-14,21-22,33H,2-5H2,1H3/t21-,22-/m1/s1. The van der Waals surface area contributed by atoms with Crippen LogP contribution < -0.4 is 0 Å². The molecule has 1 aliphatic rings. The van der Waals surface area contributed by atoms with E-state index in [0.717, 1.165) is 47.4 Å². The van der Waals surface area contributed by atoms with Crippen LogP contribution in [0.25, 0.3) is 16.6 Å². The molecule has 0 saturated heterocycles. The summed E-state index contributed by atoms with van der Waals surface area (Å²) in [7, 11) is 0. The van der Waals surface area contributed by atoms with Gasteiger partial charge in [-0.15, -0.1) is 0 Å². The summed E-state index contributed by atoms with van der Waals surface area (Å²) in [5.41, 5.74) is 3.94. The Kier molecular flexibility index (Phi) is 5.82. The molecule has 0 amide bonds. The number of fused-ring (bicyclic) bond motifs is 1. The van der Waals surface area contributed by atoms with Crippen molar-refractivity contribution >= 4 is 17.3 Å². The normalized spacial score (nSPS) is 18.0. The molecule has 0 unspecified atom stereocenters. The minimum Gasteiger partial charge on any atom is -0.391 e. The molecule has 170 valence electrons. The molecule has 9 heteroatoms. The largest absolute Gasteiger partial charge is 0.391 e. The van der Waals surface area contributed by atoms with Crippen molar-refractivity contribution < 1.29 is 9.50 Å². The zero-order chi connectivity index (χ0) is 23.8. The average Bonchev–Trinajstić information content (AvgIpc) is 3.43. The molecular weight excluding hydrogens is 451 g/mol. The van der Waals surface area contributed by atoms with E-state index in [0.29, 0.717) is 16.0 Å². The van der Waals surface area contributed by atoms with Gasteiger partial charge in [0.2, 0.25) is 0 Å². The summed E-state index contributed by atoms with van der Waals surface area (Å²) in [6.45, 7) is 1.98. The second kappa shape index (κ2) is 8.94. The SMILES string of the molecule is Cc1c(-c2cc(Sc3ccc(F)cc3C#N)c3c(C#N)cnn3c2)cnn1[C@@H]1CCCC[C@H]1O. The first-order chi connectivity index (χ1) is 16.5. The summed E-state index contributed by atoms with van der Waals surface area (Å²) < 4.78 is 17.2. The molecule has 1 aromatic carbocycles. The lowest BCUT2D eigenvalue weighted by Gasteiger charge is -2.28. The summed E-state index contributed by atoms with van der Waals surface area (Å²) in [5.74, 6) is -0.477. The molecule has 7 nitrogen and oxygen atoms in total. The Morgan fingerprint density at radius 1 is 1.06 bits per heavy atom. The molecular formula is C25H21FN6OS. The highest BCUT2D eigenvalue weighted by atomic mass is 32.2. The average molecular weight is 473 g/mol. The number of nitriles is 2. The Bertz CT molecular complexity index is 1480. The monoisotopic (exact) mass is 472 g/mol. The van der Waals surface area contributed by atoms with Crippen molar-refractivity contribution in [2.75, 3.05) is 0 Å². The lowest BCUT2D eigenvalue weighted by molar-refractivity contribution is 0.0684. The van der Waals surface area contributed by atoms with E-state index in [-0.39, 0.29) is 11.6 Å². The predicted molar refractivity (Wildman–Crippen MR) is 125 cm³/mol. The van der Waals surface area contributed by atoms with Crippen molar-refractivity contribution in [1.82, 2.24) is 19.4 Å². The van der Waals surface area contributed by atoms with Gasteiger partial charge in [-0.2, -0.15) is 20.7 Å². The van der Waals surface area contributed by atoms with E-state index >= 15 is 0 Å². The van der Waals surface area contributed by atoms with E-state index in [1.54, 1.807) is 16.8 Å². The Morgan fingerprint density at radius 3 is 2.62 bits per heavy atom.